The predicted molar refractivity (Wildman–Crippen MR) is 119 cm³/mol. The molecule has 1 unspecified atom stereocenters. The Hall–Kier alpha value is -2.80. The zero-order valence-electron chi connectivity index (χ0n) is 15.9. The van der Waals surface area contributed by atoms with Crippen LogP contribution in [-0.2, 0) is 6.54 Å². The van der Waals surface area contributed by atoms with Gasteiger partial charge in [-0.1, -0.05) is 51.3 Å². The normalized spacial score (nSPS) is 18.3. The van der Waals surface area contributed by atoms with Crippen LogP contribution in [0, 0.1) is 21.4 Å². The van der Waals surface area contributed by atoms with Gasteiger partial charge < -0.3 is 15.5 Å². The quantitative estimate of drug-likeness (QED) is 0.364. The number of hydrogen-bond donors (Lipinski definition) is 1. The SMILES string of the molecule is N#CC1=C(N)N2CCN(Cc3ccc(Cl)nc3)C2=C([N+](=O)[O-])C1c1ccc(Br)cc1Cl. The molecule has 31 heavy (non-hydrogen) atoms. The predicted octanol–water partition coefficient (Wildman–Crippen LogP) is 4.21. The second kappa shape index (κ2) is 8.38. The van der Waals surface area contributed by atoms with Crippen LogP contribution in [0.2, 0.25) is 10.2 Å². The largest absolute Gasteiger partial charge is 0.384 e. The third-order valence-corrected chi connectivity index (χ3v) is 6.30. The van der Waals surface area contributed by atoms with Gasteiger partial charge in [0.2, 0.25) is 0 Å². The summed E-state index contributed by atoms with van der Waals surface area (Å²) in [7, 11) is 0. The van der Waals surface area contributed by atoms with Crippen LogP contribution < -0.4 is 5.73 Å². The summed E-state index contributed by atoms with van der Waals surface area (Å²) in [6.07, 6.45) is 1.63. The van der Waals surface area contributed by atoms with Gasteiger partial charge in [0.1, 0.15) is 16.9 Å². The molecule has 0 radical (unpaired) electrons. The molecule has 0 amide bonds. The van der Waals surface area contributed by atoms with E-state index in [4.69, 9.17) is 28.9 Å². The van der Waals surface area contributed by atoms with E-state index >= 15 is 0 Å². The highest BCUT2D eigenvalue weighted by Gasteiger charge is 2.47. The topological polar surface area (TPSA) is 112 Å². The van der Waals surface area contributed by atoms with E-state index in [1.165, 1.54) is 0 Å². The number of nitrogens with two attached hydrogens (primary N) is 1. The fourth-order valence-corrected chi connectivity index (χ4v) is 4.81. The first-order valence-electron chi connectivity index (χ1n) is 9.18. The maximum atomic E-state index is 12.3. The van der Waals surface area contributed by atoms with Gasteiger partial charge in [0.25, 0.3) is 5.70 Å². The smallest absolute Gasteiger partial charge is 0.299 e. The summed E-state index contributed by atoms with van der Waals surface area (Å²) in [4.78, 5) is 19.4. The average Bonchev–Trinajstić information content (AvgIpc) is 3.13. The Morgan fingerprint density at radius 3 is 2.71 bits per heavy atom. The lowest BCUT2D eigenvalue weighted by atomic mass is 9.86. The van der Waals surface area contributed by atoms with Crippen LogP contribution in [-0.4, -0.2) is 32.8 Å². The maximum absolute atomic E-state index is 12.3. The molecule has 1 fully saturated rings. The van der Waals surface area contributed by atoms with Gasteiger partial charge in [-0.3, -0.25) is 10.1 Å². The van der Waals surface area contributed by atoms with Crippen molar-refractivity contribution in [2.45, 2.75) is 12.5 Å². The minimum atomic E-state index is -0.990. The lowest BCUT2D eigenvalue weighted by molar-refractivity contribution is -0.432. The Kier molecular flexibility index (Phi) is 5.79. The number of fused-ring (bicyclic) bond motifs is 1. The third-order valence-electron chi connectivity index (χ3n) is 5.26. The Morgan fingerprint density at radius 2 is 2.10 bits per heavy atom. The maximum Gasteiger partial charge on any atom is 0.299 e. The number of pyridine rings is 1. The van der Waals surface area contributed by atoms with Crippen molar-refractivity contribution in [3.8, 4) is 6.07 Å². The number of nitro groups is 1. The highest BCUT2D eigenvalue weighted by Crippen LogP contribution is 2.45. The van der Waals surface area contributed by atoms with Gasteiger partial charge in [0, 0.05) is 35.3 Å². The second-order valence-corrected chi connectivity index (χ2v) is 8.75. The number of aromatic nitrogens is 1. The Bertz CT molecular complexity index is 1180. The molecule has 2 aliphatic heterocycles. The molecule has 2 N–H and O–H groups in total. The lowest BCUT2D eigenvalue weighted by Crippen LogP contribution is -2.37. The van der Waals surface area contributed by atoms with Gasteiger partial charge in [0.15, 0.2) is 5.82 Å². The molecule has 1 saturated heterocycles. The molecule has 3 heterocycles. The number of rotatable bonds is 4. The van der Waals surface area contributed by atoms with E-state index in [0.717, 1.165) is 10.0 Å². The van der Waals surface area contributed by atoms with Crippen molar-refractivity contribution in [3.05, 3.63) is 95.3 Å². The molecular formula is C20H15BrCl2N6O2. The first kappa shape index (κ1) is 21.4. The minimum absolute atomic E-state index is 0.106. The van der Waals surface area contributed by atoms with Crippen LogP contribution in [0.15, 0.2) is 63.9 Å². The molecule has 4 rings (SSSR count). The molecule has 1 atom stereocenters. The summed E-state index contributed by atoms with van der Waals surface area (Å²) in [5, 5.41) is 22.8. The zero-order valence-corrected chi connectivity index (χ0v) is 19.0. The minimum Gasteiger partial charge on any atom is -0.384 e. The van der Waals surface area contributed by atoms with Gasteiger partial charge in [-0.25, -0.2) is 4.98 Å². The average molecular weight is 522 g/mol. The van der Waals surface area contributed by atoms with Crippen molar-refractivity contribution in [2.75, 3.05) is 13.1 Å². The second-order valence-electron chi connectivity index (χ2n) is 7.04. The summed E-state index contributed by atoms with van der Waals surface area (Å²) in [6, 6.07) is 10.6. The molecule has 8 nitrogen and oxygen atoms in total. The molecule has 158 valence electrons. The molecule has 2 aliphatic rings. The summed E-state index contributed by atoms with van der Waals surface area (Å²) in [6.45, 7) is 1.30. The van der Waals surface area contributed by atoms with Crippen LogP contribution in [0.25, 0.3) is 0 Å². The van der Waals surface area contributed by atoms with Crippen molar-refractivity contribution in [1.82, 2.24) is 14.8 Å². The highest BCUT2D eigenvalue weighted by atomic mass is 79.9. The van der Waals surface area contributed by atoms with Crippen LogP contribution in [0.5, 0.6) is 0 Å². The van der Waals surface area contributed by atoms with E-state index in [2.05, 4.69) is 27.0 Å². The van der Waals surface area contributed by atoms with Crippen LogP contribution in [0.1, 0.15) is 17.0 Å². The Balaban J connectivity index is 1.87. The van der Waals surface area contributed by atoms with E-state index < -0.39 is 10.8 Å². The number of benzene rings is 1. The lowest BCUT2D eigenvalue weighted by Gasteiger charge is -2.32. The van der Waals surface area contributed by atoms with E-state index in [1.54, 1.807) is 35.4 Å². The monoisotopic (exact) mass is 520 g/mol. The van der Waals surface area contributed by atoms with Gasteiger partial charge in [-0.15, -0.1) is 0 Å². The van der Waals surface area contributed by atoms with E-state index in [0.29, 0.717) is 41.2 Å². The number of halogens is 3. The number of nitrogens with zero attached hydrogens (tertiary/aromatic N) is 5. The van der Waals surface area contributed by atoms with Gasteiger partial charge >= 0.3 is 0 Å². The summed E-state index contributed by atoms with van der Waals surface area (Å²) in [5.41, 5.74) is 7.60. The van der Waals surface area contributed by atoms with Crippen molar-refractivity contribution in [3.63, 3.8) is 0 Å². The molecular weight excluding hydrogens is 507 g/mol. The number of hydrogen-bond acceptors (Lipinski definition) is 7. The molecule has 11 heteroatoms. The molecule has 1 aromatic heterocycles. The molecule has 0 spiro atoms. The van der Waals surface area contributed by atoms with E-state index in [1.807, 2.05) is 11.0 Å². The van der Waals surface area contributed by atoms with Gasteiger partial charge in [-0.2, -0.15) is 5.26 Å². The molecule has 2 aromatic rings. The van der Waals surface area contributed by atoms with E-state index in [-0.39, 0.29) is 17.1 Å². The van der Waals surface area contributed by atoms with Crippen LogP contribution in [0.4, 0.5) is 0 Å². The van der Waals surface area contributed by atoms with Crippen molar-refractivity contribution >= 4 is 39.1 Å². The molecule has 0 bridgehead atoms. The molecule has 0 aliphatic carbocycles. The Morgan fingerprint density at radius 1 is 1.32 bits per heavy atom. The summed E-state index contributed by atoms with van der Waals surface area (Å²) >= 11 is 15.6. The third kappa shape index (κ3) is 3.82. The van der Waals surface area contributed by atoms with Crippen molar-refractivity contribution in [1.29, 1.82) is 5.26 Å². The first-order valence-corrected chi connectivity index (χ1v) is 10.7. The van der Waals surface area contributed by atoms with Crippen molar-refractivity contribution < 1.29 is 4.92 Å². The first-order chi connectivity index (χ1) is 14.8. The van der Waals surface area contributed by atoms with Gasteiger partial charge in [0.05, 0.1) is 16.6 Å². The van der Waals surface area contributed by atoms with Crippen molar-refractivity contribution in [2.24, 2.45) is 5.73 Å². The fraction of sp³-hybridized carbons (Fsp3) is 0.200. The Labute approximate surface area is 196 Å². The van der Waals surface area contributed by atoms with Crippen LogP contribution >= 0.6 is 39.1 Å². The molecule has 1 aromatic carbocycles. The number of nitriles is 1. The van der Waals surface area contributed by atoms with Crippen LogP contribution in [0.3, 0.4) is 0 Å². The van der Waals surface area contributed by atoms with Gasteiger partial charge in [-0.05, 0) is 29.3 Å². The van der Waals surface area contributed by atoms with E-state index in [9.17, 15) is 15.4 Å². The number of allylic oxidation sites excluding steroid dienone is 1. The summed E-state index contributed by atoms with van der Waals surface area (Å²) in [5.74, 6) is -0.431. The summed E-state index contributed by atoms with van der Waals surface area (Å²) < 4.78 is 0.724. The standard InChI is InChI=1S/C20H15BrCl2N6O2/c21-12-2-3-13(15(22)7-12)17-14(8-24)19(25)28-6-5-27(20(28)18(17)29(30)31)10-11-1-4-16(23)26-9-11/h1-4,7,9,17H,5-6,10,25H2. The highest BCUT2D eigenvalue weighted by molar-refractivity contribution is 9.10. The fourth-order valence-electron chi connectivity index (χ4n) is 3.92. The molecule has 0 saturated carbocycles. The zero-order chi connectivity index (χ0) is 22.3.